The van der Waals surface area contributed by atoms with E-state index in [0.29, 0.717) is 49.4 Å². The molecule has 1 aromatic carbocycles. The minimum Gasteiger partial charge on any atom is -0.493 e. The maximum atomic E-state index is 11.7. The van der Waals surface area contributed by atoms with Gasteiger partial charge in [-0.2, -0.15) is 0 Å². The van der Waals surface area contributed by atoms with Crippen LogP contribution in [0.25, 0.3) is 10.2 Å². The Morgan fingerprint density at radius 2 is 2.07 bits per heavy atom. The quantitative estimate of drug-likeness (QED) is 0.380. The van der Waals surface area contributed by atoms with E-state index in [0.717, 1.165) is 17.5 Å². The Labute approximate surface area is 180 Å². The van der Waals surface area contributed by atoms with E-state index in [1.54, 1.807) is 24.5 Å². The molecule has 0 fully saturated rings. The topological polar surface area (TPSA) is 55.2 Å². The average Bonchev–Trinajstić information content (AvgIpc) is 3.09. The van der Waals surface area contributed by atoms with Crippen LogP contribution in [-0.4, -0.2) is 21.7 Å². The van der Waals surface area contributed by atoms with E-state index in [9.17, 15) is 5.11 Å². The summed E-state index contributed by atoms with van der Waals surface area (Å²) in [5.74, 6) is 0.618. The van der Waals surface area contributed by atoms with Crippen molar-refractivity contribution in [1.29, 1.82) is 0 Å². The Hall–Kier alpha value is -0.920. The molecular formula is C19H19BrCl2N2O2S. The first kappa shape index (κ1) is 20.8. The minimum absolute atomic E-state index is 0.480. The van der Waals surface area contributed by atoms with Crippen LogP contribution in [0.5, 0.6) is 5.75 Å². The van der Waals surface area contributed by atoms with Gasteiger partial charge in [0.05, 0.1) is 36.9 Å². The van der Waals surface area contributed by atoms with Crippen LogP contribution in [0.15, 0.2) is 29.0 Å². The second-order valence-electron chi connectivity index (χ2n) is 6.18. The predicted molar refractivity (Wildman–Crippen MR) is 115 cm³/mol. The molecule has 0 saturated heterocycles. The van der Waals surface area contributed by atoms with Crippen molar-refractivity contribution in [2.45, 2.75) is 38.7 Å². The SMILES string of the molecule is CCCOc1ccncc1C(O)(CCC)c1nc2cc(Cl)c(Br)c(Cl)c2s1. The van der Waals surface area contributed by atoms with Gasteiger partial charge in [0.2, 0.25) is 0 Å². The van der Waals surface area contributed by atoms with E-state index in [1.165, 1.54) is 11.3 Å². The van der Waals surface area contributed by atoms with E-state index in [4.69, 9.17) is 27.9 Å². The predicted octanol–water partition coefficient (Wildman–Crippen LogP) is 6.59. The standard InChI is InChI=1S/C19H19BrCl2N2O2S/c1-3-6-19(25,11-10-23-7-5-14(11)26-8-4-2)18-24-13-9-12(21)15(20)16(22)17(13)27-18/h5,7,9-10,25H,3-4,6,8H2,1-2H3. The summed E-state index contributed by atoms with van der Waals surface area (Å²) in [5, 5.41) is 13.2. The lowest BCUT2D eigenvalue weighted by Gasteiger charge is -2.27. The van der Waals surface area contributed by atoms with Gasteiger partial charge >= 0.3 is 0 Å². The Balaban J connectivity index is 2.18. The summed E-state index contributed by atoms with van der Waals surface area (Å²) in [5.41, 5.74) is -0.0544. The van der Waals surface area contributed by atoms with Crippen molar-refractivity contribution in [3.05, 3.63) is 49.6 Å². The summed E-state index contributed by atoms with van der Waals surface area (Å²) in [4.78, 5) is 8.87. The fourth-order valence-corrected chi connectivity index (χ4v) is 5.02. The van der Waals surface area contributed by atoms with Crippen LogP contribution >= 0.6 is 50.5 Å². The normalized spacial score (nSPS) is 13.7. The summed E-state index contributed by atoms with van der Waals surface area (Å²) >= 11 is 17.4. The zero-order valence-electron chi connectivity index (χ0n) is 14.9. The number of thiazole rings is 1. The van der Waals surface area contributed by atoms with E-state index >= 15 is 0 Å². The molecule has 4 nitrogen and oxygen atoms in total. The van der Waals surface area contributed by atoms with Crippen LogP contribution in [0.3, 0.4) is 0 Å². The first-order valence-electron chi connectivity index (χ1n) is 8.66. The van der Waals surface area contributed by atoms with Gasteiger partial charge in [0, 0.05) is 12.4 Å². The van der Waals surface area contributed by atoms with Gasteiger partial charge in [-0.3, -0.25) is 4.98 Å². The van der Waals surface area contributed by atoms with Crippen molar-refractivity contribution in [2.24, 2.45) is 0 Å². The molecule has 0 bridgehead atoms. The Morgan fingerprint density at radius 3 is 2.78 bits per heavy atom. The molecule has 2 heterocycles. The number of ether oxygens (including phenoxy) is 1. The minimum atomic E-state index is -1.32. The molecule has 0 spiro atoms. The summed E-state index contributed by atoms with van der Waals surface area (Å²) < 4.78 is 7.26. The van der Waals surface area contributed by atoms with Gasteiger partial charge in [0.15, 0.2) is 0 Å². The van der Waals surface area contributed by atoms with Crippen molar-refractivity contribution >= 4 is 60.7 Å². The molecule has 1 atom stereocenters. The number of fused-ring (bicyclic) bond motifs is 1. The summed E-state index contributed by atoms with van der Waals surface area (Å²) in [7, 11) is 0. The van der Waals surface area contributed by atoms with Gasteiger partial charge in [0.25, 0.3) is 0 Å². The first-order valence-corrected chi connectivity index (χ1v) is 11.0. The summed E-state index contributed by atoms with van der Waals surface area (Å²) in [6.07, 6.45) is 5.42. The van der Waals surface area contributed by atoms with E-state index in [1.807, 2.05) is 13.8 Å². The fraction of sp³-hybridized carbons (Fsp3) is 0.368. The Bertz CT molecular complexity index is 966. The summed E-state index contributed by atoms with van der Waals surface area (Å²) in [6.45, 7) is 4.62. The van der Waals surface area contributed by atoms with E-state index in [-0.39, 0.29) is 0 Å². The highest BCUT2D eigenvalue weighted by atomic mass is 79.9. The lowest BCUT2D eigenvalue weighted by atomic mass is 9.90. The highest BCUT2D eigenvalue weighted by molar-refractivity contribution is 9.10. The van der Waals surface area contributed by atoms with Crippen molar-refractivity contribution in [3.8, 4) is 5.75 Å². The number of pyridine rings is 1. The zero-order chi connectivity index (χ0) is 19.6. The Morgan fingerprint density at radius 1 is 1.30 bits per heavy atom. The Kier molecular flexibility index (Phi) is 6.64. The number of hydrogen-bond acceptors (Lipinski definition) is 5. The third-order valence-corrected chi connectivity index (χ3v) is 7.48. The molecule has 3 rings (SSSR count). The number of nitrogens with zero attached hydrogens (tertiary/aromatic N) is 2. The number of hydrogen-bond donors (Lipinski definition) is 1. The lowest BCUT2D eigenvalue weighted by Crippen LogP contribution is -2.28. The summed E-state index contributed by atoms with van der Waals surface area (Å²) in [6, 6.07) is 3.52. The molecule has 0 aliphatic rings. The van der Waals surface area contributed by atoms with E-state index < -0.39 is 5.60 Å². The van der Waals surface area contributed by atoms with Crippen LogP contribution in [0.4, 0.5) is 0 Å². The molecule has 1 unspecified atom stereocenters. The highest BCUT2D eigenvalue weighted by Crippen LogP contribution is 2.45. The van der Waals surface area contributed by atoms with Crippen LogP contribution in [-0.2, 0) is 5.60 Å². The number of aliphatic hydroxyl groups is 1. The van der Waals surface area contributed by atoms with Crippen LogP contribution < -0.4 is 4.74 Å². The molecule has 2 aromatic heterocycles. The van der Waals surface area contributed by atoms with E-state index in [2.05, 4.69) is 25.9 Å². The van der Waals surface area contributed by atoms with Crippen LogP contribution in [0.2, 0.25) is 10.0 Å². The molecule has 144 valence electrons. The monoisotopic (exact) mass is 488 g/mol. The van der Waals surface area contributed by atoms with Gasteiger partial charge in [-0.1, -0.05) is 43.5 Å². The largest absolute Gasteiger partial charge is 0.493 e. The number of benzene rings is 1. The molecular weight excluding hydrogens is 471 g/mol. The molecule has 0 aliphatic carbocycles. The van der Waals surface area contributed by atoms with Crippen molar-refractivity contribution < 1.29 is 9.84 Å². The van der Waals surface area contributed by atoms with Crippen LogP contribution in [0, 0.1) is 0 Å². The van der Waals surface area contributed by atoms with Crippen LogP contribution in [0.1, 0.15) is 43.7 Å². The first-order chi connectivity index (χ1) is 12.9. The molecule has 0 amide bonds. The number of aromatic nitrogens is 2. The number of rotatable bonds is 7. The molecule has 0 radical (unpaired) electrons. The molecule has 3 aromatic rings. The fourth-order valence-electron chi connectivity index (χ4n) is 2.90. The van der Waals surface area contributed by atoms with Gasteiger partial charge in [-0.05, 0) is 40.9 Å². The highest BCUT2D eigenvalue weighted by Gasteiger charge is 2.37. The van der Waals surface area contributed by atoms with Gasteiger partial charge < -0.3 is 9.84 Å². The molecule has 0 aliphatic heterocycles. The molecule has 1 N–H and O–H groups in total. The lowest BCUT2D eigenvalue weighted by molar-refractivity contribution is 0.0661. The maximum Gasteiger partial charge on any atom is 0.146 e. The second kappa shape index (κ2) is 8.62. The third kappa shape index (κ3) is 3.96. The molecule has 27 heavy (non-hydrogen) atoms. The van der Waals surface area contributed by atoms with Crippen molar-refractivity contribution in [2.75, 3.05) is 6.61 Å². The molecule has 8 heteroatoms. The van der Waals surface area contributed by atoms with Gasteiger partial charge in [-0.25, -0.2) is 4.98 Å². The second-order valence-corrected chi connectivity index (χ2v) is 8.76. The zero-order valence-corrected chi connectivity index (χ0v) is 18.8. The van der Waals surface area contributed by atoms with Crippen molar-refractivity contribution in [3.63, 3.8) is 0 Å². The van der Waals surface area contributed by atoms with Crippen molar-refractivity contribution in [1.82, 2.24) is 9.97 Å². The maximum absolute atomic E-state index is 11.7. The average molecular weight is 490 g/mol. The molecule has 0 saturated carbocycles. The van der Waals surface area contributed by atoms with Gasteiger partial charge in [-0.15, -0.1) is 11.3 Å². The smallest absolute Gasteiger partial charge is 0.146 e. The third-order valence-electron chi connectivity index (χ3n) is 4.17. The van der Waals surface area contributed by atoms with Gasteiger partial charge in [0.1, 0.15) is 16.4 Å². The number of halogens is 3.